The fraction of sp³-hybridized carbons (Fsp3) is 0.846. The Morgan fingerprint density at radius 1 is 1.00 bits per heavy atom. The monoisotopic (exact) mass is 400 g/mol. The standard InChI is InChI=1S/C26H40O3/c1-18(2)7-5-6-8-19-9-10-21-23(19,3)13-12-22-24(4)14-11-20(27)17-25(24)15-16-26(21,22)29-28-25/h5-6,15-16,18-22,27H,7-14,17H2,1-4H3/b6-5+/t19-,20-,21+,22?,23+,24+,25+,26-/m0/s1. The van der Waals surface area contributed by atoms with Crippen LogP contribution in [0.5, 0.6) is 0 Å². The zero-order valence-electron chi connectivity index (χ0n) is 18.8. The Morgan fingerprint density at radius 3 is 2.55 bits per heavy atom. The molecule has 6 rings (SSSR count). The Kier molecular flexibility index (Phi) is 4.67. The molecule has 162 valence electrons. The first-order chi connectivity index (χ1) is 13.8. The minimum Gasteiger partial charge on any atom is -0.393 e. The highest BCUT2D eigenvalue weighted by Gasteiger charge is 2.74. The lowest BCUT2D eigenvalue weighted by molar-refractivity contribution is -0.497. The maximum absolute atomic E-state index is 10.4. The molecule has 4 aliphatic carbocycles. The first kappa shape index (κ1) is 20.3. The topological polar surface area (TPSA) is 38.7 Å². The molecular weight excluding hydrogens is 360 g/mol. The average Bonchev–Trinajstić information content (AvgIpc) is 3.02. The van der Waals surface area contributed by atoms with Gasteiger partial charge in [-0.25, -0.2) is 9.78 Å². The van der Waals surface area contributed by atoms with Crippen LogP contribution < -0.4 is 0 Å². The second-order valence-electron chi connectivity index (χ2n) is 11.8. The van der Waals surface area contributed by atoms with Crippen molar-refractivity contribution in [1.29, 1.82) is 0 Å². The molecule has 0 radical (unpaired) electrons. The van der Waals surface area contributed by atoms with Crippen molar-refractivity contribution >= 4 is 0 Å². The first-order valence-electron chi connectivity index (χ1n) is 12.2. The molecule has 6 aliphatic rings. The molecule has 2 aliphatic heterocycles. The third kappa shape index (κ3) is 2.66. The van der Waals surface area contributed by atoms with Crippen LogP contribution in [0, 0.1) is 34.5 Å². The van der Waals surface area contributed by atoms with Gasteiger partial charge in [0.1, 0.15) is 11.2 Å². The molecule has 2 bridgehead atoms. The van der Waals surface area contributed by atoms with E-state index in [2.05, 4.69) is 52.0 Å². The summed E-state index contributed by atoms with van der Waals surface area (Å²) in [5.74, 6) is 2.53. The Hall–Kier alpha value is -0.640. The van der Waals surface area contributed by atoms with Gasteiger partial charge in [0.2, 0.25) is 0 Å². The van der Waals surface area contributed by atoms with Crippen molar-refractivity contribution in [2.24, 2.45) is 34.5 Å². The van der Waals surface area contributed by atoms with E-state index in [1.807, 2.05) is 0 Å². The predicted octanol–water partition coefficient (Wildman–Crippen LogP) is 5.98. The van der Waals surface area contributed by atoms with Crippen LogP contribution in [-0.2, 0) is 9.78 Å². The van der Waals surface area contributed by atoms with Crippen molar-refractivity contribution in [3.63, 3.8) is 0 Å². The molecule has 0 aromatic carbocycles. The van der Waals surface area contributed by atoms with Gasteiger partial charge in [-0.2, -0.15) is 0 Å². The van der Waals surface area contributed by atoms with Gasteiger partial charge in [0.25, 0.3) is 0 Å². The number of rotatable bonds is 4. The molecule has 29 heavy (non-hydrogen) atoms. The largest absolute Gasteiger partial charge is 0.393 e. The Balaban J connectivity index is 1.43. The van der Waals surface area contributed by atoms with E-state index in [1.54, 1.807) is 0 Å². The van der Waals surface area contributed by atoms with Crippen LogP contribution in [0.4, 0.5) is 0 Å². The number of hydrogen-bond acceptors (Lipinski definition) is 3. The van der Waals surface area contributed by atoms with Crippen molar-refractivity contribution < 1.29 is 14.9 Å². The van der Waals surface area contributed by atoms with Gasteiger partial charge in [-0.3, -0.25) is 0 Å². The average molecular weight is 401 g/mol. The number of aliphatic hydroxyl groups excluding tert-OH is 1. The molecule has 1 unspecified atom stereocenters. The lowest BCUT2D eigenvalue weighted by Gasteiger charge is -2.69. The number of allylic oxidation sites excluding steroid dienone is 2. The molecule has 3 saturated carbocycles. The van der Waals surface area contributed by atoms with Gasteiger partial charge < -0.3 is 5.11 Å². The fourth-order valence-corrected chi connectivity index (χ4v) is 8.22. The molecule has 0 aromatic rings. The lowest BCUT2D eigenvalue weighted by atomic mass is 9.43. The van der Waals surface area contributed by atoms with Crippen LogP contribution in [0.25, 0.3) is 0 Å². The molecular formula is C26H40O3. The van der Waals surface area contributed by atoms with Crippen molar-refractivity contribution in [1.82, 2.24) is 0 Å². The highest BCUT2D eigenvalue weighted by atomic mass is 17.2. The lowest BCUT2D eigenvalue weighted by Crippen LogP contribution is -2.73. The summed E-state index contributed by atoms with van der Waals surface area (Å²) >= 11 is 0. The minimum atomic E-state index is -0.428. The summed E-state index contributed by atoms with van der Waals surface area (Å²) in [6, 6.07) is 0. The summed E-state index contributed by atoms with van der Waals surface area (Å²) in [6.07, 6.45) is 19.4. The molecule has 0 aromatic heterocycles. The van der Waals surface area contributed by atoms with E-state index < -0.39 is 5.60 Å². The third-order valence-electron chi connectivity index (χ3n) is 10.0. The number of aliphatic hydroxyl groups is 1. The van der Waals surface area contributed by atoms with E-state index >= 15 is 0 Å². The Labute approximate surface area is 176 Å². The zero-order chi connectivity index (χ0) is 20.5. The predicted molar refractivity (Wildman–Crippen MR) is 115 cm³/mol. The fourth-order valence-electron chi connectivity index (χ4n) is 8.22. The molecule has 3 nitrogen and oxygen atoms in total. The van der Waals surface area contributed by atoms with Crippen molar-refractivity contribution in [3.8, 4) is 0 Å². The van der Waals surface area contributed by atoms with Crippen molar-refractivity contribution in [2.45, 2.75) is 103 Å². The molecule has 3 heteroatoms. The maximum Gasteiger partial charge on any atom is 0.130 e. The van der Waals surface area contributed by atoms with Gasteiger partial charge in [0.15, 0.2) is 0 Å². The zero-order valence-corrected chi connectivity index (χ0v) is 18.8. The van der Waals surface area contributed by atoms with Gasteiger partial charge in [-0.1, -0.05) is 45.9 Å². The summed E-state index contributed by atoms with van der Waals surface area (Å²) in [5, 5.41) is 10.4. The minimum absolute atomic E-state index is 0.0792. The summed E-state index contributed by atoms with van der Waals surface area (Å²) in [6.45, 7) is 9.54. The normalized spacial score (nSPS) is 53.3. The SMILES string of the molecule is CC(C)C/C=C/C[C@H]1CC[C@@H]2[C@]1(C)CCC1[C@]23C=C[C@]2(C[C@@H](O)CC[C@]12C)OO3. The molecule has 4 fully saturated rings. The van der Waals surface area contributed by atoms with Crippen molar-refractivity contribution in [2.75, 3.05) is 0 Å². The molecule has 1 N–H and O–H groups in total. The van der Waals surface area contributed by atoms with E-state index in [0.29, 0.717) is 23.7 Å². The van der Waals surface area contributed by atoms with Gasteiger partial charge in [-0.05, 0) is 74.7 Å². The summed E-state index contributed by atoms with van der Waals surface area (Å²) in [4.78, 5) is 12.7. The second-order valence-corrected chi connectivity index (χ2v) is 11.8. The van der Waals surface area contributed by atoms with Crippen molar-refractivity contribution in [3.05, 3.63) is 24.3 Å². The van der Waals surface area contributed by atoms with Gasteiger partial charge in [0, 0.05) is 23.7 Å². The molecule has 2 spiro atoms. The number of hydrogen-bond donors (Lipinski definition) is 1. The van der Waals surface area contributed by atoms with Crippen LogP contribution in [-0.4, -0.2) is 22.4 Å². The van der Waals surface area contributed by atoms with Crippen LogP contribution in [0.1, 0.15) is 85.5 Å². The van der Waals surface area contributed by atoms with Gasteiger partial charge in [-0.15, -0.1) is 0 Å². The Bertz CT molecular complexity index is 713. The van der Waals surface area contributed by atoms with E-state index in [9.17, 15) is 5.11 Å². The van der Waals surface area contributed by atoms with E-state index in [-0.39, 0.29) is 17.1 Å². The van der Waals surface area contributed by atoms with Crippen LogP contribution in [0.15, 0.2) is 24.3 Å². The van der Waals surface area contributed by atoms with E-state index in [1.165, 1.54) is 38.5 Å². The highest BCUT2D eigenvalue weighted by molar-refractivity contribution is 5.33. The van der Waals surface area contributed by atoms with Crippen LogP contribution in [0.2, 0.25) is 0 Å². The maximum atomic E-state index is 10.4. The highest BCUT2D eigenvalue weighted by Crippen LogP contribution is 2.72. The van der Waals surface area contributed by atoms with Gasteiger partial charge >= 0.3 is 0 Å². The third-order valence-corrected chi connectivity index (χ3v) is 10.0. The quantitative estimate of drug-likeness (QED) is 0.466. The van der Waals surface area contributed by atoms with Crippen LogP contribution >= 0.6 is 0 Å². The summed E-state index contributed by atoms with van der Waals surface area (Å²) < 4.78 is 0. The summed E-state index contributed by atoms with van der Waals surface area (Å²) in [7, 11) is 0. The molecule has 0 amide bonds. The second kappa shape index (κ2) is 6.68. The van der Waals surface area contributed by atoms with E-state index in [4.69, 9.17) is 9.78 Å². The molecule has 2 heterocycles. The summed E-state index contributed by atoms with van der Waals surface area (Å²) in [5.41, 5.74) is -0.283. The molecule has 1 saturated heterocycles. The molecule has 8 atom stereocenters. The first-order valence-corrected chi connectivity index (χ1v) is 12.2. The van der Waals surface area contributed by atoms with Crippen LogP contribution in [0.3, 0.4) is 0 Å². The Morgan fingerprint density at radius 2 is 1.83 bits per heavy atom. The smallest absolute Gasteiger partial charge is 0.130 e. The number of fused-ring (bicyclic) bond motifs is 2. The van der Waals surface area contributed by atoms with E-state index in [0.717, 1.165) is 24.7 Å². The van der Waals surface area contributed by atoms with Gasteiger partial charge in [0.05, 0.1) is 6.10 Å².